The Bertz CT molecular complexity index is 248. The van der Waals surface area contributed by atoms with Crippen LogP contribution in [0.2, 0.25) is 0 Å². The molecule has 1 N–H and O–H groups in total. The van der Waals surface area contributed by atoms with Crippen molar-refractivity contribution in [3.05, 3.63) is 0 Å². The van der Waals surface area contributed by atoms with Gasteiger partial charge in [0.25, 0.3) is 0 Å². The summed E-state index contributed by atoms with van der Waals surface area (Å²) in [6.07, 6.45) is -0.0197. The fraction of sp³-hybridized carbons (Fsp3) is 1.00. The molecule has 0 aromatic carbocycles. The number of nitrogens with one attached hydrogen (secondary N) is 1. The minimum Gasteiger partial charge on any atom is -0.311 e. The zero-order valence-corrected chi connectivity index (χ0v) is 9.96. The van der Waals surface area contributed by atoms with Crippen molar-refractivity contribution >= 4 is 0 Å². The van der Waals surface area contributed by atoms with Gasteiger partial charge in [-0.25, -0.2) is 0 Å². The van der Waals surface area contributed by atoms with Gasteiger partial charge in [0.05, 0.1) is 6.61 Å². The summed E-state index contributed by atoms with van der Waals surface area (Å²) in [6, 6.07) is 1.51. The highest BCUT2D eigenvalue weighted by atomic mass is 19.4. The van der Waals surface area contributed by atoms with Crippen molar-refractivity contribution in [2.75, 3.05) is 20.2 Å². The van der Waals surface area contributed by atoms with Crippen LogP contribution in [-0.2, 0) is 4.74 Å². The first-order chi connectivity index (χ1) is 7.94. The van der Waals surface area contributed by atoms with Gasteiger partial charge in [-0.1, -0.05) is 0 Å². The van der Waals surface area contributed by atoms with Crippen LogP contribution in [0.3, 0.4) is 0 Å². The number of nitrogens with zero attached hydrogens (tertiary/aromatic N) is 1. The van der Waals surface area contributed by atoms with Crippen LogP contribution in [0.5, 0.6) is 0 Å². The number of rotatable bonds is 4. The van der Waals surface area contributed by atoms with Gasteiger partial charge in [0, 0.05) is 24.7 Å². The molecule has 0 saturated carbocycles. The molecule has 17 heavy (non-hydrogen) atoms. The molecule has 100 valence electrons. The number of alkyl halides is 3. The highest BCUT2D eigenvalue weighted by Crippen LogP contribution is 2.29. The molecular weight excluding hydrogens is 233 g/mol. The van der Waals surface area contributed by atoms with Crippen LogP contribution in [0.25, 0.3) is 0 Å². The molecule has 0 aromatic heterocycles. The number of halogens is 3. The van der Waals surface area contributed by atoms with Crippen LogP contribution in [0, 0.1) is 0 Å². The summed E-state index contributed by atoms with van der Waals surface area (Å²) in [5.41, 5.74) is 0. The van der Waals surface area contributed by atoms with Crippen LogP contribution in [0.15, 0.2) is 0 Å². The standard InChI is InChI=1S/C11H19F3N2O/c1-16(4-5-17-11(12,13)14)10-6-8-2-3-9(7-10)15-8/h8-10,15H,2-7H2,1H3. The summed E-state index contributed by atoms with van der Waals surface area (Å²) < 4.78 is 39.3. The molecule has 2 fully saturated rings. The van der Waals surface area contributed by atoms with Gasteiger partial charge >= 0.3 is 6.36 Å². The van der Waals surface area contributed by atoms with Gasteiger partial charge in [0.2, 0.25) is 0 Å². The first-order valence-electron chi connectivity index (χ1n) is 6.11. The lowest BCUT2D eigenvalue weighted by Crippen LogP contribution is -2.47. The molecule has 6 heteroatoms. The van der Waals surface area contributed by atoms with E-state index in [0.717, 1.165) is 12.8 Å². The average molecular weight is 252 g/mol. The van der Waals surface area contributed by atoms with E-state index in [9.17, 15) is 13.2 Å². The maximum Gasteiger partial charge on any atom is 0.522 e. The summed E-state index contributed by atoms with van der Waals surface area (Å²) in [4.78, 5) is 2.00. The molecule has 0 amide bonds. The monoisotopic (exact) mass is 252 g/mol. The molecule has 2 saturated heterocycles. The fourth-order valence-corrected chi connectivity index (χ4v) is 2.88. The smallest absolute Gasteiger partial charge is 0.311 e. The number of fused-ring (bicyclic) bond motifs is 2. The molecule has 0 aromatic rings. The summed E-state index contributed by atoms with van der Waals surface area (Å²) in [5, 5.41) is 3.52. The molecule has 0 spiro atoms. The number of likely N-dealkylation sites (N-methyl/N-ethyl adjacent to an activating group) is 1. The van der Waals surface area contributed by atoms with E-state index >= 15 is 0 Å². The Kier molecular flexibility index (Phi) is 3.95. The minimum absolute atomic E-state index is 0.279. The van der Waals surface area contributed by atoms with Crippen molar-refractivity contribution < 1.29 is 17.9 Å². The molecule has 3 nitrogen and oxygen atoms in total. The Hall–Kier alpha value is -0.330. The zero-order chi connectivity index (χ0) is 12.5. The van der Waals surface area contributed by atoms with Gasteiger partial charge in [-0.15, -0.1) is 13.2 Å². The average Bonchev–Trinajstić information content (AvgIpc) is 2.55. The van der Waals surface area contributed by atoms with Crippen LogP contribution in [0.1, 0.15) is 25.7 Å². The van der Waals surface area contributed by atoms with Crippen molar-refractivity contribution in [3.63, 3.8) is 0 Å². The van der Waals surface area contributed by atoms with Gasteiger partial charge in [-0.05, 0) is 32.7 Å². The predicted molar refractivity (Wildman–Crippen MR) is 57.6 cm³/mol. The van der Waals surface area contributed by atoms with Gasteiger partial charge in [-0.3, -0.25) is 4.74 Å². The highest BCUT2D eigenvalue weighted by Gasteiger charge is 2.35. The molecule has 2 unspecified atom stereocenters. The van der Waals surface area contributed by atoms with E-state index in [1.165, 1.54) is 12.8 Å². The summed E-state index contributed by atoms with van der Waals surface area (Å²) in [7, 11) is 1.88. The second-order valence-corrected chi connectivity index (χ2v) is 5.04. The predicted octanol–water partition coefficient (Wildman–Crippen LogP) is 1.74. The lowest BCUT2D eigenvalue weighted by molar-refractivity contribution is -0.325. The van der Waals surface area contributed by atoms with Crippen LogP contribution < -0.4 is 5.32 Å². The van der Waals surface area contributed by atoms with E-state index in [1.807, 2.05) is 11.9 Å². The third kappa shape index (κ3) is 3.82. The summed E-state index contributed by atoms with van der Waals surface area (Å²) >= 11 is 0. The van der Waals surface area contributed by atoms with Crippen molar-refractivity contribution in [1.82, 2.24) is 10.2 Å². The Morgan fingerprint density at radius 3 is 2.35 bits per heavy atom. The van der Waals surface area contributed by atoms with Crippen LogP contribution in [-0.4, -0.2) is 49.6 Å². The Morgan fingerprint density at radius 1 is 1.24 bits per heavy atom. The molecule has 2 aliphatic rings. The van der Waals surface area contributed by atoms with Gasteiger partial charge in [0.15, 0.2) is 0 Å². The largest absolute Gasteiger partial charge is 0.522 e. The van der Waals surface area contributed by atoms with Gasteiger partial charge < -0.3 is 10.2 Å². The Balaban J connectivity index is 1.71. The highest BCUT2D eigenvalue weighted by molar-refractivity contribution is 4.95. The number of hydrogen-bond donors (Lipinski definition) is 1. The van der Waals surface area contributed by atoms with E-state index < -0.39 is 6.36 Å². The summed E-state index contributed by atoms with van der Waals surface area (Å²) in [6.45, 7) is 0.0584. The van der Waals surface area contributed by atoms with Crippen molar-refractivity contribution in [3.8, 4) is 0 Å². The number of piperidine rings is 1. The maximum absolute atomic E-state index is 11.8. The van der Waals surface area contributed by atoms with Crippen LogP contribution in [0.4, 0.5) is 13.2 Å². The normalized spacial score (nSPS) is 33.4. The first-order valence-corrected chi connectivity index (χ1v) is 6.11. The third-order valence-electron chi connectivity index (χ3n) is 3.78. The molecule has 0 aliphatic carbocycles. The van der Waals surface area contributed by atoms with E-state index in [-0.39, 0.29) is 6.61 Å². The van der Waals surface area contributed by atoms with E-state index in [0.29, 0.717) is 24.7 Å². The van der Waals surface area contributed by atoms with Crippen LogP contribution >= 0.6 is 0 Å². The quantitative estimate of drug-likeness (QED) is 0.824. The molecule has 0 radical (unpaired) electrons. The van der Waals surface area contributed by atoms with Gasteiger partial charge in [0.1, 0.15) is 0 Å². The molecule has 2 atom stereocenters. The zero-order valence-electron chi connectivity index (χ0n) is 9.96. The number of hydrogen-bond acceptors (Lipinski definition) is 3. The van der Waals surface area contributed by atoms with Crippen molar-refractivity contribution in [2.45, 2.75) is 50.2 Å². The molecular formula is C11H19F3N2O. The number of ether oxygens (including phenoxy) is 1. The topological polar surface area (TPSA) is 24.5 Å². The van der Waals surface area contributed by atoms with Crippen molar-refractivity contribution in [2.24, 2.45) is 0 Å². The fourth-order valence-electron chi connectivity index (χ4n) is 2.88. The first kappa shape index (κ1) is 13.1. The lowest BCUT2D eigenvalue weighted by atomic mass is 9.99. The Labute approximate surface area is 99.3 Å². The lowest BCUT2D eigenvalue weighted by Gasteiger charge is -2.35. The molecule has 2 aliphatic heterocycles. The molecule has 2 heterocycles. The molecule has 2 rings (SSSR count). The minimum atomic E-state index is -4.51. The maximum atomic E-state index is 11.8. The third-order valence-corrected chi connectivity index (χ3v) is 3.78. The van der Waals surface area contributed by atoms with E-state index in [1.54, 1.807) is 0 Å². The summed E-state index contributed by atoms with van der Waals surface area (Å²) in [5.74, 6) is 0. The Morgan fingerprint density at radius 2 is 1.82 bits per heavy atom. The second kappa shape index (κ2) is 5.12. The van der Waals surface area contributed by atoms with E-state index in [4.69, 9.17) is 0 Å². The second-order valence-electron chi connectivity index (χ2n) is 5.04. The van der Waals surface area contributed by atoms with E-state index in [2.05, 4.69) is 10.1 Å². The SMILES string of the molecule is CN(CCOC(F)(F)F)C1CC2CCC(C1)N2. The molecule has 2 bridgehead atoms. The van der Waals surface area contributed by atoms with Gasteiger partial charge in [-0.2, -0.15) is 0 Å². The van der Waals surface area contributed by atoms with Crippen molar-refractivity contribution in [1.29, 1.82) is 0 Å².